The first-order chi connectivity index (χ1) is 9.47. The van der Waals surface area contributed by atoms with Gasteiger partial charge in [0.15, 0.2) is 0 Å². The number of hydrogen-bond acceptors (Lipinski definition) is 4. The van der Waals surface area contributed by atoms with E-state index < -0.39 is 24.0 Å². The van der Waals surface area contributed by atoms with Crippen LogP contribution in [0.1, 0.15) is 39.0 Å². The van der Waals surface area contributed by atoms with Crippen LogP contribution in [0.15, 0.2) is 0 Å². The number of carbonyl (C=O) groups is 3. The first kappa shape index (κ1) is 16.3. The molecule has 2 amide bonds. The summed E-state index contributed by atoms with van der Waals surface area (Å²) in [5, 5.41) is 14.1. The summed E-state index contributed by atoms with van der Waals surface area (Å²) in [6.45, 7) is 2.09. The van der Waals surface area contributed by atoms with E-state index in [0.717, 1.165) is 19.3 Å². The second-order valence-electron chi connectivity index (χ2n) is 5.01. The number of rotatable bonds is 8. The van der Waals surface area contributed by atoms with Crippen LogP contribution in [-0.2, 0) is 14.3 Å². The third-order valence-electron chi connectivity index (χ3n) is 3.37. The van der Waals surface area contributed by atoms with Crippen molar-refractivity contribution in [3.63, 3.8) is 0 Å². The average Bonchev–Trinajstić information content (AvgIpc) is 3.11. The van der Waals surface area contributed by atoms with E-state index in [1.165, 1.54) is 7.11 Å². The molecule has 1 aliphatic rings. The number of amides is 2. The topological polar surface area (TPSA) is 105 Å². The Morgan fingerprint density at radius 1 is 1.40 bits per heavy atom. The summed E-state index contributed by atoms with van der Waals surface area (Å²) < 4.78 is 4.44. The first-order valence-electron chi connectivity index (χ1n) is 6.84. The zero-order valence-electron chi connectivity index (χ0n) is 11.8. The molecule has 0 aromatic heterocycles. The molecular weight excluding hydrogens is 264 g/mol. The van der Waals surface area contributed by atoms with Gasteiger partial charge >= 0.3 is 18.0 Å². The van der Waals surface area contributed by atoms with E-state index in [-0.39, 0.29) is 18.9 Å². The van der Waals surface area contributed by atoms with Crippen molar-refractivity contribution in [1.29, 1.82) is 0 Å². The van der Waals surface area contributed by atoms with E-state index in [4.69, 9.17) is 5.11 Å². The van der Waals surface area contributed by atoms with Gasteiger partial charge in [0.2, 0.25) is 0 Å². The maximum Gasteiger partial charge on any atom is 0.326 e. The lowest BCUT2D eigenvalue weighted by Gasteiger charge is -2.14. The van der Waals surface area contributed by atoms with Crippen molar-refractivity contribution in [1.82, 2.24) is 10.6 Å². The molecule has 0 saturated heterocycles. The van der Waals surface area contributed by atoms with Gasteiger partial charge in [-0.3, -0.25) is 4.79 Å². The lowest BCUT2D eigenvalue weighted by Crippen LogP contribution is -2.47. The Labute approximate surface area is 118 Å². The highest BCUT2D eigenvalue weighted by atomic mass is 16.5. The quantitative estimate of drug-likeness (QED) is 0.574. The summed E-state index contributed by atoms with van der Waals surface area (Å²) in [4.78, 5) is 33.7. The monoisotopic (exact) mass is 286 g/mol. The molecule has 0 aromatic rings. The van der Waals surface area contributed by atoms with Gasteiger partial charge in [0.1, 0.15) is 6.04 Å². The Morgan fingerprint density at radius 3 is 2.65 bits per heavy atom. The Kier molecular flexibility index (Phi) is 6.27. The van der Waals surface area contributed by atoms with Gasteiger partial charge < -0.3 is 20.5 Å². The highest BCUT2D eigenvalue weighted by Gasteiger charge is 2.37. The minimum atomic E-state index is -1.16. The van der Waals surface area contributed by atoms with Crippen molar-refractivity contribution in [2.45, 2.75) is 51.1 Å². The zero-order valence-corrected chi connectivity index (χ0v) is 11.8. The second-order valence-corrected chi connectivity index (χ2v) is 5.01. The number of hydrogen-bond donors (Lipinski definition) is 3. The highest BCUT2D eigenvalue weighted by molar-refractivity contribution is 5.83. The van der Waals surface area contributed by atoms with Crippen molar-refractivity contribution in [3.05, 3.63) is 0 Å². The van der Waals surface area contributed by atoms with Gasteiger partial charge in [-0.1, -0.05) is 13.3 Å². The second kappa shape index (κ2) is 7.72. The summed E-state index contributed by atoms with van der Waals surface area (Å²) >= 11 is 0. The van der Waals surface area contributed by atoms with Gasteiger partial charge in [-0.2, -0.15) is 0 Å². The van der Waals surface area contributed by atoms with Crippen molar-refractivity contribution >= 4 is 18.0 Å². The molecule has 0 radical (unpaired) electrons. The summed E-state index contributed by atoms with van der Waals surface area (Å²) in [5.74, 6) is -1.15. The predicted molar refractivity (Wildman–Crippen MR) is 71.1 cm³/mol. The third kappa shape index (κ3) is 5.46. The fraction of sp³-hybridized carbons (Fsp3) is 0.769. The van der Waals surface area contributed by atoms with Crippen molar-refractivity contribution in [2.24, 2.45) is 5.92 Å². The molecule has 3 N–H and O–H groups in total. The van der Waals surface area contributed by atoms with Crippen molar-refractivity contribution in [3.8, 4) is 0 Å². The number of methoxy groups -OCH3 is 1. The number of ether oxygens (including phenoxy) is 1. The zero-order chi connectivity index (χ0) is 15.1. The third-order valence-corrected chi connectivity index (χ3v) is 3.37. The predicted octanol–water partition coefficient (Wildman–Crippen LogP) is 0.881. The molecule has 0 aromatic carbocycles. The van der Waals surface area contributed by atoms with E-state index in [0.29, 0.717) is 5.92 Å². The molecule has 0 heterocycles. The molecule has 1 aliphatic carbocycles. The number of nitrogens with one attached hydrogen (secondary N) is 2. The van der Waals surface area contributed by atoms with Crippen LogP contribution in [0.5, 0.6) is 0 Å². The Balaban J connectivity index is 2.32. The minimum Gasteiger partial charge on any atom is -0.480 e. The molecular formula is C13H22N2O5. The molecule has 2 unspecified atom stereocenters. The van der Waals surface area contributed by atoms with Crippen molar-refractivity contribution < 1.29 is 24.2 Å². The SMILES string of the molecule is CCCC1CC1NC(=O)N[C@@H](CCC(=O)OC)C(=O)O. The number of aliphatic carboxylic acids is 1. The molecule has 1 rings (SSSR count). The minimum absolute atomic E-state index is 0.0124. The molecule has 3 atom stereocenters. The highest BCUT2D eigenvalue weighted by Crippen LogP contribution is 2.34. The summed E-state index contributed by atoms with van der Waals surface area (Å²) in [7, 11) is 1.24. The van der Waals surface area contributed by atoms with E-state index in [1.807, 2.05) is 0 Å². The maximum absolute atomic E-state index is 11.7. The number of carbonyl (C=O) groups excluding carboxylic acids is 2. The van der Waals surface area contributed by atoms with Crippen LogP contribution in [0.25, 0.3) is 0 Å². The number of carboxylic acid groups (broad SMARTS) is 1. The molecule has 1 fully saturated rings. The van der Waals surface area contributed by atoms with Gasteiger partial charge in [-0.15, -0.1) is 0 Å². The van der Waals surface area contributed by atoms with E-state index >= 15 is 0 Å². The summed E-state index contributed by atoms with van der Waals surface area (Å²) in [6, 6.07) is -1.44. The first-order valence-corrected chi connectivity index (χ1v) is 6.84. The molecule has 0 bridgehead atoms. The maximum atomic E-state index is 11.7. The molecule has 7 nitrogen and oxygen atoms in total. The standard InChI is InChI=1S/C13H22N2O5/c1-3-4-8-7-10(8)15-13(19)14-9(12(17)18)5-6-11(16)20-2/h8-10H,3-7H2,1-2H3,(H,17,18)(H2,14,15,19)/t8?,9-,10?/m0/s1. The lowest BCUT2D eigenvalue weighted by atomic mass is 10.1. The van der Waals surface area contributed by atoms with Gasteiger partial charge in [-0.05, 0) is 25.2 Å². The van der Waals surface area contributed by atoms with Crippen LogP contribution in [0, 0.1) is 5.92 Å². The van der Waals surface area contributed by atoms with Gasteiger partial charge in [-0.25, -0.2) is 9.59 Å². The Bertz CT molecular complexity index is 372. The largest absolute Gasteiger partial charge is 0.480 e. The van der Waals surface area contributed by atoms with E-state index in [9.17, 15) is 14.4 Å². The molecule has 20 heavy (non-hydrogen) atoms. The number of urea groups is 1. The van der Waals surface area contributed by atoms with Gasteiger partial charge in [0.05, 0.1) is 7.11 Å². The van der Waals surface area contributed by atoms with Crippen LogP contribution in [0.4, 0.5) is 4.79 Å². The van der Waals surface area contributed by atoms with Crippen molar-refractivity contribution in [2.75, 3.05) is 7.11 Å². The summed E-state index contributed by atoms with van der Waals surface area (Å²) in [6.07, 6.45) is 3.05. The lowest BCUT2D eigenvalue weighted by molar-refractivity contribution is -0.142. The van der Waals surface area contributed by atoms with Crippen LogP contribution in [-0.4, -0.2) is 42.3 Å². The smallest absolute Gasteiger partial charge is 0.326 e. The fourth-order valence-corrected chi connectivity index (χ4v) is 2.10. The summed E-state index contributed by atoms with van der Waals surface area (Å²) in [5.41, 5.74) is 0. The molecule has 1 saturated carbocycles. The van der Waals surface area contributed by atoms with Crippen LogP contribution >= 0.6 is 0 Å². The fourth-order valence-electron chi connectivity index (χ4n) is 2.10. The van der Waals surface area contributed by atoms with Crippen LogP contribution < -0.4 is 10.6 Å². The van der Waals surface area contributed by atoms with Crippen LogP contribution in [0.3, 0.4) is 0 Å². The number of carboxylic acids is 1. The van der Waals surface area contributed by atoms with E-state index in [1.54, 1.807) is 0 Å². The number of esters is 1. The molecule has 7 heteroatoms. The average molecular weight is 286 g/mol. The van der Waals surface area contributed by atoms with Gasteiger partial charge in [0.25, 0.3) is 0 Å². The molecule has 0 aliphatic heterocycles. The Morgan fingerprint density at radius 2 is 2.10 bits per heavy atom. The Hall–Kier alpha value is -1.79. The normalized spacial score (nSPS) is 21.7. The van der Waals surface area contributed by atoms with Crippen LogP contribution in [0.2, 0.25) is 0 Å². The van der Waals surface area contributed by atoms with Gasteiger partial charge in [0, 0.05) is 12.5 Å². The van der Waals surface area contributed by atoms with E-state index in [2.05, 4.69) is 22.3 Å². The molecule has 0 spiro atoms. The molecule has 114 valence electrons.